The van der Waals surface area contributed by atoms with Crippen LogP contribution < -0.4 is 16.0 Å². The van der Waals surface area contributed by atoms with E-state index in [1.807, 2.05) is 50.2 Å². The average molecular weight is 468 g/mol. The molecule has 3 amide bonds. The Morgan fingerprint density at radius 2 is 1.38 bits per heavy atom. The van der Waals surface area contributed by atoms with Gasteiger partial charge < -0.3 is 21.1 Å². The molecule has 0 aliphatic heterocycles. The molecule has 0 unspecified atom stereocenters. The molecule has 0 fully saturated rings. The van der Waals surface area contributed by atoms with Crippen LogP contribution in [0.5, 0.6) is 0 Å². The number of amides is 3. The van der Waals surface area contributed by atoms with Crippen LogP contribution in [0.25, 0.3) is 0 Å². The molecule has 0 spiro atoms. The van der Waals surface area contributed by atoms with E-state index in [4.69, 9.17) is 0 Å². The number of benzene rings is 2. The minimum absolute atomic E-state index is 0.163. The fourth-order valence-corrected chi connectivity index (χ4v) is 3.65. The standard InChI is InChI=1S/C27H37N3O4/c1-18(2)15-23(30-27(34)22-13-9-6-10-14-22)24(31)16-19(3)25(32)29-20(4)26(33)28-17-21-11-7-5-8-12-21/h5-14,18-20,23-24,31H,15-17H2,1-4H3,(H,28,33)(H,29,32)(H,30,34)/t19-,20+,23+,24+/m1/s1. The molecule has 0 saturated heterocycles. The SMILES string of the molecule is CC(C)C[C@H](NC(=O)c1ccccc1)[C@@H](O)C[C@@H](C)C(=O)N[C@@H](C)C(=O)NCc1ccccc1. The van der Waals surface area contributed by atoms with E-state index in [1.54, 1.807) is 38.1 Å². The quantitative estimate of drug-likeness (QED) is 0.385. The molecule has 2 aromatic rings. The molecule has 4 atom stereocenters. The molecule has 0 aliphatic carbocycles. The smallest absolute Gasteiger partial charge is 0.251 e. The Labute approximate surface area is 202 Å². The lowest BCUT2D eigenvalue weighted by Crippen LogP contribution is -2.48. The highest BCUT2D eigenvalue weighted by Gasteiger charge is 2.28. The fourth-order valence-electron chi connectivity index (χ4n) is 3.65. The van der Waals surface area contributed by atoms with Crippen LogP contribution in [0.2, 0.25) is 0 Å². The molecular formula is C27H37N3O4. The van der Waals surface area contributed by atoms with Gasteiger partial charge in [0.1, 0.15) is 6.04 Å². The zero-order chi connectivity index (χ0) is 25.1. The molecule has 0 radical (unpaired) electrons. The van der Waals surface area contributed by atoms with Gasteiger partial charge in [0.05, 0.1) is 12.1 Å². The first-order valence-corrected chi connectivity index (χ1v) is 11.8. The zero-order valence-corrected chi connectivity index (χ0v) is 20.5. The number of carbonyl (C=O) groups excluding carboxylic acids is 3. The molecule has 0 bridgehead atoms. The molecule has 0 saturated carbocycles. The van der Waals surface area contributed by atoms with Crippen LogP contribution in [0.15, 0.2) is 60.7 Å². The third-order valence-electron chi connectivity index (χ3n) is 5.65. The molecule has 7 nitrogen and oxygen atoms in total. The summed E-state index contributed by atoms with van der Waals surface area (Å²) in [6, 6.07) is 17.2. The van der Waals surface area contributed by atoms with Crippen molar-refractivity contribution in [1.29, 1.82) is 0 Å². The van der Waals surface area contributed by atoms with Crippen molar-refractivity contribution in [1.82, 2.24) is 16.0 Å². The van der Waals surface area contributed by atoms with Gasteiger partial charge in [-0.3, -0.25) is 14.4 Å². The molecule has 4 N–H and O–H groups in total. The fraction of sp³-hybridized carbons (Fsp3) is 0.444. The van der Waals surface area contributed by atoms with Crippen LogP contribution in [-0.2, 0) is 16.1 Å². The van der Waals surface area contributed by atoms with Gasteiger partial charge in [-0.2, -0.15) is 0 Å². The maximum Gasteiger partial charge on any atom is 0.251 e. The highest BCUT2D eigenvalue weighted by atomic mass is 16.3. The van der Waals surface area contributed by atoms with Crippen molar-refractivity contribution in [3.05, 3.63) is 71.8 Å². The van der Waals surface area contributed by atoms with Gasteiger partial charge in [-0.15, -0.1) is 0 Å². The lowest BCUT2D eigenvalue weighted by Gasteiger charge is -2.28. The van der Waals surface area contributed by atoms with E-state index in [-0.39, 0.29) is 30.1 Å². The van der Waals surface area contributed by atoms with Crippen molar-refractivity contribution in [2.75, 3.05) is 0 Å². The summed E-state index contributed by atoms with van der Waals surface area (Å²) in [6.45, 7) is 7.74. The van der Waals surface area contributed by atoms with Crippen LogP contribution >= 0.6 is 0 Å². The minimum atomic E-state index is -0.905. The molecule has 0 aromatic heterocycles. The van der Waals surface area contributed by atoms with Crippen LogP contribution in [-0.4, -0.2) is 41.0 Å². The van der Waals surface area contributed by atoms with E-state index in [9.17, 15) is 19.5 Å². The predicted octanol–water partition coefficient (Wildman–Crippen LogP) is 3.04. The summed E-state index contributed by atoms with van der Waals surface area (Å²) >= 11 is 0. The Kier molecular flexibility index (Phi) is 10.7. The van der Waals surface area contributed by atoms with Crippen molar-refractivity contribution >= 4 is 17.7 Å². The number of hydrogen-bond donors (Lipinski definition) is 4. The molecule has 184 valence electrons. The molecule has 0 heterocycles. The third kappa shape index (κ3) is 8.98. The summed E-state index contributed by atoms with van der Waals surface area (Å²) in [6.07, 6.45) is -0.166. The van der Waals surface area contributed by atoms with Gasteiger partial charge in [-0.25, -0.2) is 0 Å². The van der Waals surface area contributed by atoms with E-state index < -0.39 is 24.1 Å². The van der Waals surface area contributed by atoms with Gasteiger partial charge in [0, 0.05) is 18.0 Å². The topological polar surface area (TPSA) is 108 Å². The van der Waals surface area contributed by atoms with Gasteiger partial charge in [0.15, 0.2) is 0 Å². The first-order valence-electron chi connectivity index (χ1n) is 11.8. The number of carbonyl (C=O) groups is 3. The van der Waals surface area contributed by atoms with Crippen molar-refractivity contribution in [3.63, 3.8) is 0 Å². The van der Waals surface area contributed by atoms with Crippen molar-refractivity contribution < 1.29 is 19.5 Å². The summed E-state index contributed by atoms with van der Waals surface area (Å²) in [7, 11) is 0. The summed E-state index contributed by atoms with van der Waals surface area (Å²) in [4.78, 5) is 37.6. The molecule has 34 heavy (non-hydrogen) atoms. The second kappa shape index (κ2) is 13.5. The molecule has 2 aromatic carbocycles. The lowest BCUT2D eigenvalue weighted by atomic mass is 9.92. The van der Waals surface area contributed by atoms with Gasteiger partial charge in [0.2, 0.25) is 11.8 Å². The normalized spacial score (nSPS) is 14.5. The van der Waals surface area contributed by atoms with Gasteiger partial charge in [-0.05, 0) is 43.4 Å². The second-order valence-corrected chi connectivity index (χ2v) is 9.21. The van der Waals surface area contributed by atoms with Crippen LogP contribution in [0.4, 0.5) is 0 Å². The van der Waals surface area contributed by atoms with Gasteiger partial charge >= 0.3 is 0 Å². The number of aliphatic hydroxyl groups is 1. The second-order valence-electron chi connectivity index (χ2n) is 9.21. The predicted molar refractivity (Wildman–Crippen MR) is 133 cm³/mol. The molecule has 2 rings (SSSR count). The van der Waals surface area contributed by atoms with Crippen LogP contribution in [0, 0.1) is 11.8 Å². The highest BCUT2D eigenvalue weighted by molar-refractivity contribution is 5.94. The summed E-state index contributed by atoms with van der Waals surface area (Å²) < 4.78 is 0. The monoisotopic (exact) mass is 467 g/mol. The number of nitrogens with one attached hydrogen (secondary N) is 3. The van der Waals surface area contributed by atoms with E-state index in [1.165, 1.54) is 0 Å². The Balaban J connectivity index is 1.88. The largest absolute Gasteiger partial charge is 0.391 e. The number of aliphatic hydroxyl groups excluding tert-OH is 1. The Morgan fingerprint density at radius 1 is 0.794 bits per heavy atom. The zero-order valence-electron chi connectivity index (χ0n) is 20.5. The van der Waals surface area contributed by atoms with Gasteiger partial charge in [-0.1, -0.05) is 69.3 Å². The highest BCUT2D eigenvalue weighted by Crippen LogP contribution is 2.16. The first kappa shape index (κ1) is 27.1. The molecule has 7 heteroatoms. The van der Waals surface area contributed by atoms with Crippen molar-refractivity contribution in [2.24, 2.45) is 11.8 Å². The maximum atomic E-state index is 12.7. The Hall–Kier alpha value is -3.19. The summed E-state index contributed by atoms with van der Waals surface area (Å²) in [5.74, 6) is -1.15. The summed E-state index contributed by atoms with van der Waals surface area (Å²) in [5, 5.41) is 19.3. The minimum Gasteiger partial charge on any atom is -0.391 e. The van der Waals surface area contributed by atoms with E-state index in [2.05, 4.69) is 16.0 Å². The number of hydrogen-bond acceptors (Lipinski definition) is 4. The summed E-state index contributed by atoms with van der Waals surface area (Å²) in [5.41, 5.74) is 1.49. The van der Waals surface area contributed by atoms with Crippen LogP contribution in [0.3, 0.4) is 0 Å². The van der Waals surface area contributed by atoms with E-state index in [0.717, 1.165) is 5.56 Å². The van der Waals surface area contributed by atoms with Crippen molar-refractivity contribution in [3.8, 4) is 0 Å². The number of rotatable bonds is 12. The van der Waals surface area contributed by atoms with Gasteiger partial charge in [0.25, 0.3) is 5.91 Å². The molecular weight excluding hydrogens is 430 g/mol. The van der Waals surface area contributed by atoms with Crippen LogP contribution in [0.1, 0.15) is 56.5 Å². The Bertz CT molecular complexity index is 918. The Morgan fingerprint density at radius 3 is 1.97 bits per heavy atom. The lowest BCUT2D eigenvalue weighted by molar-refractivity contribution is -0.131. The maximum absolute atomic E-state index is 12.7. The van der Waals surface area contributed by atoms with E-state index >= 15 is 0 Å². The first-order chi connectivity index (χ1) is 16.2. The van der Waals surface area contributed by atoms with E-state index in [0.29, 0.717) is 18.5 Å². The van der Waals surface area contributed by atoms with Crippen molar-refractivity contribution in [2.45, 2.75) is 65.3 Å². The third-order valence-corrected chi connectivity index (χ3v) is 5.65. The molecule has 0 aliphatic rings. The average Bonchev–Trinajstić information content (AvgIpc) is 2.82.